The van der Waals surface area contributed by atoms with Gasteiger partial charge in [0.2, 0.25) is 5.91 Å². The van der Waals surface area contributed by atoms with Crippen LogP contribution in [-0.2, 0) is 14.6 Å². The molecular weight excluding hydrogens is 414 g/mol. The Bertz CT molecular complexity index is 997. The predicted octanol–water partition coefficient (Wildman–Crippen LogP) is 2.70. The molecule has 1 fully saturated rings. The summed E-state index contributed by atoms with van der Waals surface area (Å²) in [6.07, 6.45) is 1.51. The Kier molecular flexibility index (Phi) is 7.46. The summed E-state index contributed by atoms with van der Waals surface area (Å²) in [4.78, 5) is 27.0. The van der Waals surface area contributed by atoms with Crippen LogP contribution < -0.4 is 10.6 Å². The minimum Gasteiger partial charge on any atom is -0.349 e. The van der Waals surface area contributed by atoms with Gasteiger partial charge in [0.15, 0.2) is 9.84 Å². The molecule has 166 valence electrons. The van der Waals surface area contributed by atoms with Gasteiger partial charge in [-0.05, 0) is 63.1 Å². The summed E-state index contributed by atoms with van der Waals surface area (Å²) in [6.45, 7) is 5.03. The van der Waals surface area contributed by atoms with Gasteiger partial charge in [-0.25, -0.2) is 8.42 Å². The second-order valence-corrected chi connectivity index (χ2v) is 10.6. The molecule has 1 heterocycles. The number of amides is 2. The molecule has 0 aromatic heterocycles. The first-order valence-electron chi connectivity index (χ1n) is 10.5. The number of anilines is 1. The molecule has 8 heteroatoms. The molecule has 2 aromatic rings. The van der Waals surface area contributed by atoms with E-state index >= 15 is 0 Å². The van der Waals surface area contributed by atoms with Crippen LogP contribution in [0.4, 0.5) is 5.69 Å². The number of likely N-dealkylation sites (tertiary alicyclic amines) is 1. The van der Waals surface area contributed by atoms with Crippen molar-refractivity contribution in [2.45, 2.75) is 42.9 Å². The third-order valence-electron chi connectivity index (χ3n) is 5.41. The summed E-state index contributed by atoms with van der Waals surface area (Å²) in [5, 5.41) is 5.39. The average molecular weight is 444 g/mol. The fraction of sp³-hybridized carbons (Fsp3) is 0.391. The van der Waals surface area contributed by atoms with Crippen LogP contribution in [0.2, 0.25) is 0 Å². The van der Waals surface area contributed by atoms with E-state index in [9.17, 15) is 18.0 Å². The lowest BCUT2D eigenvalue weighted by Crippen LogP contribution is -2.46. The van der Waals surface area contributed by atoms with E-state index in [1.165, 1.54) is 12.1 Å². The van der Waals surface area contributed by atoms with Crippen LogP contribution in [-0.4, -0.2) is 56.1 Å². The predicted molar refractivity (Wildman–Crippen MR) is 121 cm³/mol. The van der Waals surface area contributed by atoms with Gasteiger partial charge in [0.25, 0.3) is 5.91 Å². The van der Waals surface area contributed by atoms with E-state index < -0.39 is 15.1 Å². The zero-order valence-corrected chi connectivity index (χ0v) is 18.7. The molecule has 2 N–H and O–H groups in total. The quantitative estimate of drug-likeness (QED) is 0.686. The van der Waals surface area contributed by atoms with Crippen LogP contribution in [0.1, 0.15) is 37.0 Å². The highest BCUT2D eigenvalue weighted by Gasteiger charge is 2.23. The normalized spacial score (nSPS) is 15.6. The van der Waals surface area contributed by atoms with Crippen LogP contribution in [0.15, 0.2) is 59.5 Å². The third-order valence-corrected chi connectivity index (χ3v) is 7.58. The molecule has 2 aromatic carbocycles. The molecule has 0 aliphatic carbocycles. The smallest absolute Gasteiger partial charge is 0.251 e. The molecule has 1 saturated heterocycles. The minimum atomic E-state index is -3.35. The largest absolute Gasteiger partial charge is 0.349 e. The second-order valence-electron chi connectivity index (χ2n) is 8.06. The number of benzene rings is 2. The molecule has 1 aliphatic rings. The van der Waals surface area contributed by atoms with Crippen molar-refractivity contribution in [2.24, 2.45) is 0 Å². The fourth-order valence-corrected chi connectivity index (χ4v) is 4.56. The van der Waals surface area contributed by atoms with Crippen molar-refractivity contribution >= 4 is 27.3 Å². The molecule has 7 nitrogen and oxygen atoms in total. The molecule has 1 aliphatic heterocycles. The maximum Gasteiger partial charge on any atom is 0.251 e. The van der Waals surface area contributed by atoms with Crippen molar-refractivity contribution in [1.82, 2.24) is 10.2 Å². The Balaban J connectivity index is 1.46. The highest BCUT2D eigenvalue weighted by atomic mass is 32.2. The lowest BCUT2D eigenvalue weighted by Gasteiger charge is -2.31. The van der Waals surface area contributed by atoms with E-state index in [4.69, 9.17) is 0 Å². The summed E-state index contributed by atoms with van der Waals surface area (Å²) in [7, 11) is -3.35. The lowest BCUT2D eigenvalue weighted by atomic mass is 10.0. The maximum atomic E-state index is 12.5. The van der Waals surface area contributed by atoms with Gasteiger partial charge in [0.05, 0.1) is 16.7 Å². The molecular formula is C23H29N3O4S. The molecule has 0 unspecified atom stereocenters. The highest BCUT2D eigenvalue weighted by Crippen LogP contribution is 2.17. The molecule has 3 rings (SSSR count). The summed E-state index contributed by atoms with van der Waals surface area (Å²) >= 11 is 0. The van der Waals surface area contributed by atoms with E-state index in [1.54, 1.807) is 26.0 Å². The maximum absolute atomic E-state index is 12.5. The van der Waals surface area contributed by atoms with Crippen LogP contribution in [0, 0.1) is 0 Å². The number of nitrogens with one attached hydrogen (secondary N) is 2. The van der Waals surface area contributed by atoms with Gasteiger partial charge in [-0.2, -0.15) is 0 Å². The van der Waals surface area contributed by atoms with E-state index in [-0.39, 0.29) is 22.8 Å². The number of hydrogen-bond acceptors (Lipinski definition) is 5. The Morgan fingerprint density at radius 1 is 1.00 bits per heavy atom. The Morgan fingerprint density at radius 2 is 1.61 bits per heavy atom. The van der Waals surface area contributed by atoms with Crippen LogP contribution >= 0.6 is 0 Å². The number of carbonyl (C=O) groups is 2. The highest BCUT2D eigenvalue weighted by molar-refractivity contribution is 7.92. The average Bonchev–Trinajstić information content (AvgIpc) is 2.75. The number of nitrogens with zero attached hydrogens (tertiary/aromatic N) is 1. The van der Waals surface area contributed by atoms with E-state index in [2.05, 4.69) is 15.5 Å². The van der Waals surface area contributed by atoms with Crippen molar-refractivity contribution in [1.29, 1.82) is 0 Å². The van der Waals surface area contributed by atoms with Gasteiger partial charge in [-0.15, -0.1) is 0 Å². The molecule has 2 amide bonds. The standard InChI is InChI=1S/C23H29N3O4S/c1-17(2)31(29,30)21-10-8-18(9-11-21)23(28)25-20-12-14-26(15-13-20)16-22(27)24-19-6-4-3-5-7-19/h3-11,17,20H,12-16H2,1-2H3,(H,24,27)(H,25,28). The molecule has 0 saturated carbocycles. The van der Waals surface area contributed by atoms with E-state index in [1.807, 2.05) is 30.3 Å². The van der Waals surface area contributed by atoms with Gasteiger partial charge in [0, 0.05) is 30.4 Å². The topological polar surface area (TPSA) is 95.6 Å². The number of piperidine rings is 1. The van der Waals surface area contributed by atoms with Crippen LogP contribution in [0.5, 0.6) is 0 Å². The minimum absolute atomic E-state index is 0.0278. The van der Waals surface area contributed by atoms with Gasteiger partial charge in [-0.1, -0.05) is 18.2 Å². The van der Waals surface area contributed by atoms with Gasteiger partial charge >= 0.3 is 0 Å². The van der Waals surface area contributed by atoms with Crippen molar-refractivity contribution in [3.05, 3.63) is 60.2 Å². The first-order chi connectivity index (χ1) is 14.8. The third kappa shape index (κ3) is 6.15. The van der Waals surface area contributed by atoms with Gasteiger partial charge < -0.3 is 10.6 Å². The Morgan fingerprint density at radius 3 is 2.19 bits per heavy atom. The summed E-state index contributed by atoms with van der Waals surface area (Å²) < 4.78 is 24.4. The van der Waals surface area contributed by atoms with Crippen molar-refractivity contribution < 1.29 is 18.0 Å². The van der Waals surface area contributed by atoms with E-state index in [0.29, 0.717) is 12.1 Å². The number of para-hydroxylation sites is 1. The summed E-state index contributed by atoms with van der Waals surface area (Å²) in [5.74, 6) is -0.265. The van der Waals surface area contributed by atoms with Crippen molar-refractivity contribution in [3.63, 3.8) is 0 Å². The first kappa shape index (κ1) is 23.0. The summed E-state index contributed by atoms with van der Waals surface area (Å²) in [6, 6.07) is 15.4. The Hall–Kier alpha value is -2.71. The first-order valence-corrected chi connectivity index (χ1v) is 12.0. The monoisotopic (exact) mass is 443 g/mol. The molecule has 31 heavy (non-hydrogen) atoms. The second kappa shape index (κ2) is 10.1. The molecule has 0 bridgehead atoms. The summed E-state index contributed by atoms with van der Waals surface area (Å²) in [5.41, 5.74) is 1.22. The zero-order valence-electron chi connectivity index (χ0n) is 17.9. The fourth-order valence-electron chi connectivity index (χ4n) is 3.50. The van der Waals surface area contributed by atoms with Crippen molar-refractivity contribution in [3.8, 4) is 0 Å². The van der Waals surface area contributed by atoms with Crippen LogP contribution in [0.25, 0.3) is 0 Å². The number of carbonyl (C=O) groups excluding carboxylic acids is 2. The number of rotatable bonds is 7. The van der Waals surface area contributed by atoms with Gasteiger partial charge in [-0.3, -0.25) is 14.5 Å². The van der Waals surface area contributed by atoms with Crippen molar-refractivity contribution in [2.75, 3.05) is 25.0 Å². The molecule has 0 atom stereocenters. The molecule has 0 radical (unpaired) electrons. The number of hydrogen-bond donors (Lipinski definition) is 2. The molecule has 0 spiro atoms. The van der Waals surface area contributed by atoms with E-state index in [0.717, 1.165) is 31.6 Å². The Labute approximate surface area is 183 Å². The van der Waals surface area contributed by atoms with Crippen LogP contribution in [0.3, 0.4) is 0 Å². The number of sulfone groups is 1. The zero-order chi connectivity index (χ0) is 22.4. The lowest BCUT2D eigenvalue weighted by molar-refractivity contribution is -0.117. The SMILES string of the molecule is CC(C)S(=O)(=O)c1ccc(C(=O)NC2CCN(CC(=O)Nc3ccccc3)CC2)cc1. The van der Waals surface area contributed by atoms with Gasteiger partial charge in [0.1, 0.15) is 0 Å².